The van der Waals surface area contributed by atoms with Crippen LogP contribution in [-0.4, -0.2) is 9.38 Å². The van der Waals surface area contributed by atoms with Crippen molar-refractivity contribution in [2.45, 2.75) is 37.5 Å². The van der Waals surface area contributed by atoms with Crippen molar-refractivity contribution in [1.82, 2.24) is 9.38 Å². The lowest BCUT2D eigenvalue weighted by molar-refractivity contribution is 0.359. The van der Waals surface area contributed by atoms with Gasteiger partial charge in [0.1, 0.15) is 5.65 Å². The van der Waals surface area contributed by atoms with Crippen LogP contribution in [0.2, 0.25) is 0 Å². The maximum Gasteiger partial charge on any atom is 0.146 e. The summed E-state index contributed by atoms with van der Waals surface area (Å²) in [6.45, 7) is 0. The molecule has 0 unspecified atom stereocenters. The van der Waals surface area contributed by atoms with Crippen molar-refractivity contribution in [2.24, 2.45) is 0 Å². The number of hydrogen-bond acceptors (Lipinski definition) is 1. The molecule has 3 aliphatic rings. The number of rotatable bonds is 0. The maximum absolute atomic E-state index is 5.15. The minimum Gasteiger partial charge on any atom is -0.292 e. The second-order valence-corrected chi connectivity index (χ2v) is 8.35. The van der Waals surface area contributed by atoms with Crippen LogP contribution in [0, 0.1) is 0 Å². The molecular formula is C25H20N2. The van der Waals surface area contributed by atoms with Gasteiger partial charge >= 0.3 is 0 Å². The normalized spacial score (nSPS) is 21.5. The second kappa shape index (κ2) is 4.89. The Kier molecular flexibility index (Phi) is 2.58. The van der Waals surface area contributed by atoms with Gasteiger partial charge in [0.05, 0.1) is 16.6 Å². The van der Waals surface area contributed by atoms with E-state index in [4.69, 9.17) is 4.98 Å². The van der Waals surface area contributed by atoms with E-state index in [0.29, 0.717) is 0 Å². The summed E-state index contributed by atoms with van der Waals surface area (Å²) in [5.74, 6) is 1.51. The van der Waals surface area contributed by atoms with Gasteiger partial charge in [-0.2, -0.15) is 0 Å². The van der Waals surface area contributed by atoms with Gasteiger partial charge in [-0.3, -0.25) is 4.40 Å². The molecule has 2 bridgehead atoms. The van der Waals surface area contributed by atoms with E-state index in [1.807, 2.05) is 0 Å². The lowest BCUT2D eigenvalue weighted by Crippen LogP contribution is -2.21. The summed E-state index contributed by atoms with van der Waals surface area (Å²) < 4.78 is 2.40. The van der Waals surface area contributed by atoms with Gasteiger partial charge in [0, 0.05) is 10.8 Å². The van der Waals surface area contributed by atoms with Gasteiger partial charge in [-0.05, 0) is 72.2 Å². The van der Waals surface area contributed by atoms with Crippen molar-refractivity contribution in [2.75, 3.05) is 0 Å². The van der Waals surface area contributed by atoms with E-state index in [1.54, 1.807) is 11.1 Å². The van der Waals surface area contributed by atoms with E-state index in [0.717, 1.165) is 23.0 Å². The quantitative estimate of drug-likeness (QED) is 0.290. The molecule has 0 spiro atoms. The fraction of sp³-hybridized carbons (Fsp3) is 0.240. The van der Waals surface area contributed by atoms with Crippen molar-refractivity contribution < 1.29 is 0 Å². The van der Waals surface area contributed by atoms with Crippen LogP contribution in [0.4, 0.5) is 0 Å². The van der Waals surface area contributed by atoms with E-state index in [9.17, 15) is 0 Å². The Hall–Kier alpha value is -2.87. The number of hydrogen-bond donors (Lipinski definition) is 0. The average molecular weight is 348 g/mol. The van der Waals surface area contributed by atoms with Crippen LogP contribution in [0.3, 0.4) is 0 Å². The zero-order valence-electron chi connectivity index (χ0n) is 15.2. The molecule has 0 saturated heterocycles. The van der Waals surface area contributed by atoms with Gasteiger partial charge in [-0.1, -0.05) is 42.5 Å². The summed E-state index contributed by atoms with van der Waals surface area (Å²) in [7, 11) is 0. The molecule has 2 heterocycles. The van der Waals surface area contributed by atoms with Crippen LogP contribution < -0.4 is 0 Å². The van der Waals surface area contributed by atoms with Crippen LogP contribution in [0.25, 0.3) is 38.4 Å². The highest BCUT2D eigenvalue weighted by atomic mass is 15.0. The molecular weight excluding hydrogens is 328 g/mol. The first kappa shape index (κ1) is 14.2. The maximum atomic E-state index is 5.15. The number of benzene rings is 3. The summed E-state index contributed by atoms with van der Waals surface area (Å²) in [6, 6.07) is 22.3. The first-order chi connectivity index (χ1) is 13.4. The lowest BCUT2D eigenvalue weighted by Gasteiger charge is -2.38. The van der Waals surface area contributed by atoms with Crippen molar-refractivity contribution in [3.05, 3.63) is 71.8 Å². The smallest absolute Gasteiger partial charge is 0.146 e. The molecule has 1 fully saturated rings. The number of nitrogens with zero attached hydrogens (tertiary/aromatic N) is 2. The standard InChI is InChI=1S/C25H20N2/c1-2-7-19-17(5-1)18-6-3-4-8-23(18)27-24-14-21-16-11-9-15(10-12-16)20(21)13-22(24)26-25(19)27/h1-8,13-16H,9-12H2. The predicted molar refractivity (Wildman–Crippen MR) is 112 cm³/mol. The monoisotopic (exact) mass is 348 g/mol. The van der Waals surface area contributed by atoms with E-state index >= 15 is 0 Å². The number of pyridine rings is 1. The first-order valence-corrected chi connectivity index (χ1v) is 10.1. The molecule has 2 aromatic heterocycles. The third-order valence-corrected chi connectivity index (χ3v) is 7.07. The highest BCUT2D eigenvalue weighted by Gasteiger charge is 2.33. The van der Waals surface area contributed by atoms with Crippen molar-refractivity contribution in [3.8, 4) is 0 Å². The Labute approximate surface area is 157 Å². The summed E-state index contributed by atoms with van der Waals surface area (Å²) in [5.41, 5.74) is 7.97. The topological polar surface area (TPSA) is 17.3 Å². The molecule has 3 aromatic carbocycles. The number of aromatic nitrogens is 2. The van der Waals surface area contributed by atoms with Gasteiger partial charge in [-0.25, -0.2) is 4.98 Å². The molecule has 0 aliphatic heterocycles. The fourth-order valence-electron chi connectivity index (χ4n) is 5.81. The molecule has 5 aromatic rings. The average Bonchev–Trinajstić information content (AvgIpc) is 3.12. The molecule has 27 heavy (non-hydrogen) atoms. The Morgan fingerprint density at radius 1 is 0.667 bits per heavy atom. The molecule has 0 radical (unpaired) electrons. The summed E-state index contributed by atoms with van der Waals surface area (Å²) in [6.07, 6.45) is 5.46. The Morgan fingerprint density at radius 2 is 1.30 bits per heavy atom. The SMILES string of the molecule is c1ccc2c(c1)c1ccccc1n1c3cc4c(cc3nc21)C1CCC4CC1. The first-order valence-electron chi connectivity index (χ1n) is 10.1. The minimum atomic E-state index is 0.756. The van der Waals surface area contributed by atoms with Gasteiger partial charge < -0.3 is 0 Å². The van der Waals surface area contributed by atoms with Crippen LogP contribution in [-0.2, 0) is 0 Å². The summed E-state index contributed by atoms with van der Waals surface area (Å²) >= 11 is 0. The molecule has 0 atom stereocenters. The third kappa shape index (κ3) is 1.74. The zero-order chi connectivity index (χ0) is 17.5. The molecule has 0 amide bonds. The van der Waals surface area contributed by atoms with Crippen LogP contribution in [0.5, 0.6) is 0 Å². The molecule has 1 saturated carbocycles. The van der Waals surface area contributed by atoms with E-state index in [1.165, 1.54) is 52.9 Å². The van der Waals surface area contributed by atoms with Crippen LogP contribution in [0.15, 0.2) is 60.7 Å². The summed E-state index contributed by atoms with van der Waals surface area (Å²) in [5, 5.41) is 3.84. The largest absolute Gasteiger partial charge is 0.292 e. The lowest BCUT2D eigenvalue weighted by atomic mass is 9.67. The van der Waals surface area contributed by atoms with Gasteiger partial charge in [-0.15, -0.1) is 0 Å². The minimum absolute atomic E-state index is 0.756. The second-order valence-electron chi connectivity index (χ2n) is 8.35. The molecule has 2 heteroatoms. The van der Waals surface area contributed by atoms with E-state index < -0.39 is 0 Å². The number of fused-ring (bicyclic) bond motifs is 10. The molecule has 8 rings (SSSR count). The van der Waals surface area contributed by atoms with Crippen molar-refractivity contribution in [3.63, 3.8) is 0 Å². The highest BCUT2D eigenvalue weighted by Crippen LogP contribution is 2.50. The van der Waals surface area contributed by atoms with E-state index in [-0.39, 0.29) is 0 Å². The van der Waals surface area contributed by atoms with Crippen LogP contribution >= 0.6 is 0 Å². The number of para-hydroxylation sites is 1. The third-order valence-electron chi connectivity index (χ3n) is 7.07. The van der Waals surface area contributed by atoms with Crippen molar-refractivity contribution in [1.29, 1.82) is 0 Å². The van der Waals surface area contributed by atoms with Gasteiger partial charge in [0.15, 0.2) is 0 Å². The fourth-order valence-corrected chi connectivity index (χ4v) is 5.81. The van der Waals surface area contributed by atoms with Crippen LogP contribution in [0.1, 0.15) is 48.6 Å². The highest BCUT2D eigenvalue weighted by molar-refractivity contribution is 6.13. The molecule has 0 N–H and O–H groups in total. The molecule has 130 valence electrons. The Bertz CT molecular complexity index is 1380. The Balaban J connectivity index is 1.73. The van der Waals surface area contributed by atoms with Gasteiger partial charge in [0.25, 0.3) is 0 Å². The molecule has 2 nitrogen and oxygen atoms in total. The van der Waals surface area contributed by atoms with Gasteiger partial charge in [0.2, 0.25) is 0 Å². The Morgan fingerprint density at radius 3 is 2.07 bits per heavy atom. The number of imidazole rings is 1. The predicted octanol–water partition coefficient (Wildman–Crippen LogP) is 6.55. The van der Waals surface area contributed by atoms with E-state index in [2.05, 4.69) is 65.1 Å². The summed E-state index contributed by atoms with van der Waals surface area (Å²) in [4.78, 5) is 5.15. The zero-order valence-corrected chi connectivity index (χ0v) is 15.2. The molecule has 3 aliphatic carbocycles. The van der Waals surface area contributed by atoms with Crippen molar-refractivity contribution >= 4 is 38.4 Å².